The highest BCUT2D eigenvalue weighted by molar-refractivity contribution is 4.61. The molecule has 0 heterocycles. The van der Waals surface area contributed by atoms with E-state index < -0.39 is 0 Å². The van der Waals surface area contributed by atoms with Crippen LogP contribution in [0.25, 0.3) is 0 Å². The molecule has 0 N–H and O–H groups in total. The standard InChI is InChI=1S/C12H27N/c1-5-7-8-10-12(9-6-2)11-13(3)4/h12H,5-11H2,1-4H3. The summed E-state index contributed by atoms with van der Waals surface area (Å²) in [4.78, 5) is 2.33. The molecule has 1 heteroatoms. The summed E-state index contributed by atoms with van der Waals surface area (Å²) >= 11 is 0. The Balaban J connectivity index is 3.53. The molecule has 0 rings (SSSR count). The van der Waals surface area contributed by atoms with Crippen LogP contribution >= 0.6 is 0 Å². The first-order chi connectivity index (χ1) is 6.20. The van der Waals surface area contributed by atoms with Crippen molar-refractivity contribution >= 4 is 0 Å². The molecule has 1 atom stereocenters. The zero-order valence-electron chi connectivity index (χ0n) is 9.97. The fraction of sp³-hybridized carbons (Fsp3) is 1.00. The Bertz CT molecular complexity index is 99.3. The van der Waals surface area contributed by atoms with Crippen LogP contribution in [-0.2, 0) is 0 Å². The van der Waals surface area contributed by atoms with Crippen LogP contribution in [0, 0.1) is 5.92 Å². The van der Waals surface area contributed by atoms with Crippen molar-refractivity contribution in [1.29, 1.82) is 0 Å². The second-order valence-corrected chi connectivity index (χ2v) is 4.41. The Morgan fingerprint density at radius 1 is 0.923 bits per heavy atom. The summed E-state index contributed by atoms with van der Waals surface area (Å²) in [6.07, 6.45) is 8.36. The maximum absolute atomic E-state index is 2.33. The monoisotopic (exact) mass is 185 g/mol. The fourth-order valence-corrected chi connectivity index (χ4v) is 1.93. The molecule has 0 saturated carbocycles. The van der Waals surface area contributed by atoms with E-state index in [4.69, 9.17) is 0 Å². The summed E-state index contributed by atoms with van der Waals surface area (Å²) in [5.41, 5.74) is 0. The Kier molecular flexibility index (Phi) is 8.53. The van der Waals surface area contributed by atoms with Gasteiger partial charge in [0.1, 0.15) is 0 Å². The van der Waals surface area contributed by atoms with E-state index >= 15 is 0 Å². The average molecular weight is 185 g/mol. The van der Waals surface area contributed by atoms with Gasteiger partial charge in [0, 0.05) is 6.54 Å². The van der Waals surface area contributed by atoms with E-state index in [0.29, 0.717) is 0 Å². The maximum atomic E-state index is 2.33. The second kappa shape index (κ2) is 8.55. The lowest BCUT2D eigenvalue weighted by Gasteiger charge is -2.20. The highest BCUT2D eigenvalue weighted by Gasteiger charge is 2.07. The second-order valence-electron chi connectivity index (χ2n) is 4.41. The summed E-state index contributed by atoms with van der Waals surface area (Å²) in [6.45, 7) is 5.85. The van der Waals surface area contributed by atoms with Crippen molar-refractivity contribution in [2.24, 2.45) is 5.92 Å². The Labute approximate surface area is 84.5 Å². The third-order valence-corrected chi connectivity index (χ3v) is 2.54. The van der Waals surface area contributed by atoms with E-state index in [1.165, 1.54) is 45.1 Å². The summed E-state index contributed by atoms with van der Waals surface area (Å²) in [6, 6.07) is 0. The van der Waals surface area contributed by atoms with E-state index in [2.05, 4.69) is 32.8 Å². The minimum atomic E-state index is 0.937. The van der Waals surface area contributed by atoms with E-state index in [0.717, 1.165) is 5.92 Å². The van der Waals surface area contributed by atoms with E-state index in [1.807, 2.05) is 0 Å². The molecular formula is C12H27N. The van der Waals surface area contributed by atoms with Gasteiger partial charge in [-0.1, -0.05) is 39.5 Å². The predicted molar refractivity (Wildman–Crippen MR) is 61.1 cm³/mol. The van der Waals surface area contributed by atoms with Crippen LogP contribution in [0.1, 0.15) is 52.4 Å². The van der Waals surface area contributed by atoms with Crippen molar-refractivity contribution < 1.29 is 0 Å². The number of nitrogens with zero attached hydrogens (tertiary/aromatic N) is 1. The smallest absolute Gasteiger partial charge is 0.000356 e. The van der Waals surface area contributed by atoms with Crippen LogP contribution in [0.2, 0.25) is 0 Å². The Morgan fingerprint density at radius 2 is 1.62 bits per heavy atom. The lowest BCUT2D eigenvalue weighted by Crippen LogP contribution is -2.21. The van der Waals surface area contributed by atoms with Gasteiger partial charge in [-0.2, -0.15) is 0 Å². The molecule has 0 aromatic heterocycles. The molecular weight excluding hydrogens is 158 g/mol. The van der Waals surface area contributed by atoms with Crippen LogP contribution in [0.3, 0.4) is 0 Å². The normalized spacial score (nSPS) is 13.6. The molecule has 0 bridgehead atoms. The van der Waals surface area contributed by atoms with E-state index in [9.17, 15) is 0 Å². The molecule has 0 spiro atoms. The van der Waals surface area contributed by atoms with Crippen LogP contribution in [0.4, 0.5) is 0 Å². The molecule has 0 aliphatic rings. The van der Waals surface area contributed by atoms with E-state index in [1.54, 1.807) is 0 Å². The van der Waals surface area contributed by atoms with Gasteiger partial charge < -0.3 is 4.90 Å². The van der Waals surface area contributed by atoms with Crippen molar-refractivity contribution in [1.82, 2.24) is 4.90 Å². The molecule has 1 nitrogen and oxygen atoms in total. The minimum absolute atomic E-state index is 0.937. The number of hydrogen-bond donors (Lipinski definition) is 0. The lowest BCUT2D eigenvalue weighted by atomic mass is 9.96. The third kappa shape index (κ3) is 8.29. The largest absolute Gasteiger partial charge is 0.309 e. The molecule has 80 valence electrons. The van der Waals surface area contributed by atoms with Gasteiger partial charge >= 0.3 is 0 Å². The van der Waals surface area contributed by atoms with E-state index in [-0.39, 0.29) is 0 Å². The Hall–Kier alpha value is -0.0400. The molecule has 0 saturated heterocycles. The summed E-state index contributed by atoms with van der Waals surface area (Å²) in [5, 5.41) is 0. The highest BCUT2D eigenvalue weighted by atomic mass is 15.1. The maximum Gasteiger partial charge on any atom is 0.000356 e. The Morgan fingerprint density at radius 3 is 2.08 bits per heavy atom. The van der Waals surface area contributed by atoms with Crippen molar-refractivity contribution in [3.05, 3.63) is 0 Å². The number of hydrogen-bond acceptors (Lipinski definition) is 1. The van der Waals surface area contributed by atoms with Crippen LogP contribution < -0.4 is 0 Å². The van der Waals surface area contributed by atoms with Gasteiger partial charge in [0.15, 0.2) is 0 Å². The van der Waals surface area contributed by atoms with Crippen molar-refractivity contribution in [2.75, 3.05) is 20.6 Å². The first-order valence-electron chi connectivity index (χ1n) is 5.85. The summed E-state index contributed by atoms with van der Waals surface area (Å²) in [5.74, 6) is 0.937. The van der Waals surface area contributed by atoms with Gasteiger partial charge in [-0.25, -0.2) is 0 Å². The average Bonchev–Trinajstić information content (AvgIpc) is 2.04. The first-order valence-corrected chi connectivity index (χ1v) is 5.85. The highest BCUT2D eigenvalue weighted by Crippen LogP contribution is 2.16. The zero-order chi connectivity index (χ0) is 10.1. The van der Waals surface area contributed by atoms with Crippen LogP contribution in [0.5, 0.6) is 0 Å². The third-order valence-electron chi connectivity index (χ3n) is 2.54. The topological polar surface area (TPSA) is 3.24 Å². The van der Waals surface area contributed by atoms with Gasteiger partial charge in [0.2, 0.25) is 0 Å². The molecule has 0 aliphatic heterocycles. The molecule has 0 aromatic carbocycles. The number of rotatable bonds is 8. The minimum Gasteiger partial charge on any atom is -0.309 e. The summed E-state index contributed by atoms with van der Waals surface area (Å²) < 4.78 is 0. The van der Waals surface area contributed by atoms with Crippen LogP contribution in [0.15, 0.2) is 0 Å². The fourth-order valence-electron chi connectivity index (χ4n) is 1.93. The molecule has 0 fully saturated rings. The molecule has 0 amide bonds. The SMILES string of the molecule is CCCCCC(CCC)CN(C)C. The molecule has 0 radical (unpaired) electrons. The van der Waals surface area contributed by atoms with Crippen molar-refractivity contribution in [3.63, 3.8) is 0 Å². The summed E-state index contributed by atoms with van der Waals surface area (Å²) in [7, 11) is 4.37. The quantitative estimate of drug-likeness (QED) is 0.523. The zero-order valence-corrected chi connectivity index (χ0v) is 9.97. The van der Waals surface area contributed by atoms with Gasteiger partial charge in [0.25, 0.3) is 0 Å². The van der Waals surface area contributed by atoms with Crippen molar-refractivity contribution in [3.8, 4) is 0 Å². The van der Waals surface area contributed by atoms with Crippen molar-refractivity contribution in [2.45, 2.75) is 52.4 Å². The predicted octanol–water partition coefficient (Wildman–Crippen LogP) is 3.54. The van der Waals surface area contributed by atoms with Crippen LogP contribution in [-0.4, -0.2) is 25.5 Å². The number of unbranched alkanes of at least 4 members (excludes halogenated alkanes) is 2. The van der Waals surface area contributed by atoms with Gasteiger partial charge in [-0.15, -0.1) is 0 Å². The molecule has 0 aromatic rings. The van der Waals surface area contributed by atoms with Gasteiger partial charge in [-0.3, -0.25) is 0 Å². The van der Waals surface area contributed by atoms with Gasteiger partial charge in [-0.05, 0) is 32.9 Å². The molecule has 13 heavy (non-hydrogen) atoms. The molecule has 0 aliphatic carbocycles. The molecule has 1 unspecified atom stereocenters. The first kappa shape index (κ1) is 13.0. The van der Waals surface area contributed by atoms with Gasteiger partial charge in [0.05, 0.1) is 0 Å². The lowest BCUT2D eigenvalue weighted by molar-refractivity contribution is 0.292.